The van der Waals surface area contributed by atoms with Gasteiger partial charge in [-0.05, 0) is 49.1 Å². The van der Waals surface area contributed by atoms with Crippen molar-refractivity contribution in [3.63, 3.8) is 0 Å². The Morgan fingerprint density at radius 1 is 1.21 bits per heavy atom. The van der Waals surface area contributed by atoms with Gasteiger partial charge >= 0.3 is 0 Å². The SMILES string of the molecule is CCC(NC(=O)c1ccc(-c2cncc(Cl)c2)cc1F)c1ccnc(NS(=O)(=O)C2CC2)n1. The monoisotopic (exact) mass is 489 g/mol. The smallest absolute Gasteiger partial charge is 0.254 e. The second-order valence-corrected chi connectivity index (χ2v) is 10.1. The van der Waals surface area contributed by atoms with Crippen LogP contribution < -0.4 is 10.0 Å². The number of pyridine rings is 1. The van der Waals surface area contributed by atoms with Gasteiger partial charge < -0.3 is 5.32 Å². The van der Waals surface area contributed by atoms with E-state index in [1.165, 1.54) is 24.5 Å². The molecule has 2 aromatic heterocycles. The number of nitrogens with one attached hydrogen (secondary N) is 2. The zero-order chi connectivity index (χ0) is 23.6. The average molecular weight is 490 g/mol. The molecule has 1 aliphatic rings. The Morgan fingerprint density at radius 2 is 2.00 bits per heavy atom. The maximum atomic E-state index is 14.8. The fourth-order valence-electron chi connectivity index (χ4n) is 3.27. The number of nitrogens with zero attached hydrogens (tertiary/aromatic N) is 3. The van der Waals surface area contributed by atoms with E-state index in [0.717, 1.165) is 0 Å². The van der Waals surface area contributed by atoms with E-state index in [1.54, 1.807) is 24.4 Å². The molecule has 0 aliphatic heterocycles. The van der Waals surface area contributed by atoms with E-state index < -0.39 is 33.0 Å². The summed E-state index contributed by atoms with van der Waals surface area (Å²) in [4.78, 5) is 25.0. The number of aromatic nitrogens is 3. The molecule has 0 saturated heterocycles. The normalized spacial score (nSPS) is 14.5. The summed E-state index contributed by atoms with van der Waals surface area (Å²) in [5.74, 6) is -1.37. The molecular weight excluding hydrogens is 469 g/mol. The Hall–Kier alpha value is -3.11. The molecule has 0 spiro atoms. The minimum absolute atomic E-state index is 0.0576. The molecule has 33 heavy (non-hydrogen) atoms. The van der Waals surface area contributed by atoms with Gasteiger partial charge in [-0.3, -0.25) is 14.5 Å². The lowest BCUT2D eigenvalue weighted by Crippen LogP contribution is -2.30. The Balaban J connectivity index is 1.50. The first-order chi connectivity index (χ1) is 15.8. The summed E-state index contributed by atoms with van der Waals surface area (Å²) in [5, 5.41) is 2.76. The van der Waals surface area contributed by atoms with Gasteiger partial charge in [0.25, 0.3) is 5.91 Å². The second-order valence-electron chi connectivity index (χ2n) is 7.67. The van der Waals surface area contributed by atoms with Crippen LogP contribution in [0.5, 0.6) is 0 Å². The number of hydrogen-bond acceptors (Lipinski definition) is 6. The van der Waals surface area contributed by atoms with Gasteiger partial charge in [-0.2, -0.15) is 0 Å². The predicted octanol–water partition coefficient (Wildman–Crippen LogP) is 4.12. The fraction of sp³-hybridized carbons (Fsp3) is 0.273. The maximum absolute atomic E-state index is 14.8. The van der Waals surface area contributed by atoms with Crippen LogP contribution in [0, 0.1) is 5.82 Å². The molecular formula is C22H21ClFN5O3S. The van der Waals surface area contributed by atoms with E-state index in [2.05, 4.69) is 25.0 Å². The number of rotatable bonds is 8. The molecule has 2 heterocycles. The number of halogens is 2. The molecule has 2 N–H and O–H groups in total. The Kier molecular flexibility index (Phi) is 6.57. The molecule has 1 amide bonds. The number of amides is 1. The van der Waals surface area contributed by atoms with Crippen LogP contribution in [0.15, 0.2) is 48.9 Å². The van der Waals surface area contributed by atoms with Crippen molar-refractivity contribution in [2.45, 2.75) is 37.5 Å². The van der Waals surface area contributed by atoms with Crippen molar-refractivity contribution in [1.29, 1.82) is 0 Å². The number of hydrogen-bond donors (Lipinski definition) is 2. The number of carbonyl (C=O) groups excluding carboxylic acids is 1. The Morgan fingerprint density at radius 3 is 2.67 bits per heavy atom. The van der Waals surface area contributed by atoms with Crippen molar-refractivity contribution in [1.82, 2.24) is 20.3 Å². The zero-order valence-electron chi connectivity index (χ0n) is 17.6. The lowest BCUT2D eigenvalue weighted by atomic mass is 10.0. The summed E-state index contributed by atoms with van der Waals surface area (Å²) in [7, 11) is -3.52. The van der Waals surface area contributed by atoms with Crippen LogP contribution in [-0.2, 0) is 10.0 Å². The highest BCUT2D eigenvalue weighted by molar-refractivity contribution is 7.93. The summed E-state index contributed by atoms with van der Waals surface area (Å²) in [6.45, 7) is 1.83. The first-order valence-corrected chi connectivity index (χ1v) is 12.2. The minimum atomic E-state index is -3.52. The molecule has 1 unspecified atom stereocenters. The van der Waals surface area contributed by atoms with Gasteiger partial charge in [0, 0.05) is 24.2 Å². The maximum Gasteiger partial charge on any atom is 0.254 e. The van der Waals surface area contributed by atoms with E-state index in [4.69, 9.17) is 11.6 Å². The molecule has 3 aromatic rings. The summed E-state index contributed by atoms with van der Waals surface area (Å²) >= 11 is 5.94. The van der Waals surface area contributed by atoms with Crippen LogP contribution in [0.1, 0.15) is 48.3 Å². The van der Waals surface area contributed by atoms with Crippen molar-refractivity contribution in [2.75, 3.05) is 4.72 Å². The molecule has 1 saturated carbocycles. The molecule has 1 atom stereocenters. The quantitative estimate of drug-likeness (QED) is 0.492. The Bertz CT molecular complexity index is 1300. The van der Waals surface area contributed by atoms with E-state index in [0.29, 0.717) is 41.1 Å². The lowest BCUT2D eigenvalue weighted by Gasteiger charge is -2.18. The molecule has 0 bridgehead atoms. The number of benzene rings is 1. The van der Waals surface area contributed by atoms with Gasteiger partial charge in [0.2, 0.25) is 16.0 Å². The van der Waals surface area contributed by atoms with Gasteiger partial charge in [0.05, 0.1) is 27.6 Å². The summed E-state index contributed by atoms with van der Waals surface area (Å²) in [6.07, 6.45) is 6.12. The van der Waals surface area contributed by atoms with Gasteiger partial charge in [0.15, 0.2) is 0 Å². The third kappa shape index (κ3) is 5.45. The highest BCUT2D eigenvalue weighted by Crippen LogP contribution is 2.29. The molecule has 11 heteroatoms. The second kappa shape index (κ2) is 9.40. The van der Waals surface area contributed by atoms with Crippen molar-refractivity contribution in [3.05, 3.63) is 71.0 Å². The van der Waals surface area contributed by atoms with Crippen LogP contribution in [-0.4, -0.2) is 34.5 Å². The predicted molar refractivity (Wildman–Crippen MR) is 123 cm³/mol. The van der Waals surface area contributed by atoms with Crippen LogP contribution in [0.25, 0.3) is 11.1 Å². The van der Waals surface area contributed by atoms with E-state index in [9.17, 15) is 17.6 Å². The summed E-state index contributed by atoms with van der Waals surface area (Å²) < 4.78 is 41.4. The first-order valence-electron chi connectivity index (χ1n) is 10.3. The van der Waals surface area contributed by atoms with Crippen LogP contribution in [0.4, 0.5) is 10.3 Å². The van der Waals surface area contributed by atoms with Gasteiger partial charge in [-0.25, -0.2) is 22.8 Å². The van der Waals surface area contributed by atoms with Crippen molar-refractivity contribution in [2.24, 2.45) is 0 Å². The van der Waals surface area contributed by atoms with Crippen LogP contribution in [0.2, 0.25) is 5.02 Å². The van der Waals surface area contributed by atoms with E-state index in [1.807, 2.05) is 6.92 Å². The standard InChI is InChI=1S/C22H21ClFN5O3S/c1-2-19(20-7-8-26-22(28-20)29-33(31,32)16-4-5-16)27-21(30)17-6-3-13(10-18(17)24)14-9-15(23)12-25-11-14/h3,6-12,16,19H,2,4-5H2,1H3,(H,27,30)(H,26,28,29). The molecule has 1 fully saturated rings. The molecule has 172 valence electrons. The number of carbonyl (C=O) groups is 1. The van der Waals surface area contributed by atoms with E-state index in [-0.39, 0.29) is 11.5 Å². The largest absolute Gasteiger partial charge is 0.344 e. The van der Waals surface area contributed by atoms with Gasteiger partial charge in [0.1, 0.15) is 5.82 Å². The fourth-order valence-corrected chi connectivity index (χ4v) is 4.72. The van der Waals surface area contributed by atoms with Crippen molar-refractivity contribution in [3.8, 4) is 11.1 Å². The topological polar surface area (TPSA) is 114 Å². The van der Waals surface area contributed by atoms with Crippen LogP contribution in [0.3, 0.4) is 0 Å². The van der Waals surface area contributed by atoms with Gasteiger partial charge in [-0.15, -0.1) is 0 Å². The third-order valence-corrected chi connectivity index (χ3v) is 7.22. The van der Waals surface area contributed by atoms with Crippen molar-refractivity contribution < 1.29 is 17.6 Å². The molecule has 0 radical (unpaired) electrons. The van der Waals surface area contributed by atoms with Crippen molar-refractivity contribution >= 4 is 33.5 Å². The highest BCUT2D eigenvalue weighted by atomic mass is 35.5. The Labute approximate surface area is 195 Å². The molecule has 1 aromatic carbocycles. The first kappa shape index (κ1) is 23.1. The zero-order valence-corrected chi connectivity index (χ0v) is 19.2. The van der Waals surface area contributed by atoms with Gasteiger partial charge in [-0.1, -0.05) is 24.6 Å². The molecule has 1 aliphatic carbocycles. The van der Waals surface area contributed by atoms with Crippen LogP contribution >= 0.6 is 11.6 Å². The average Bonchev–Trinajstić information content (AvgIpc) is 3.63. The molecule has 4 rings (SSSR count). The highest BCUT2D eigenvalue weighted by Gasteiger charge is 2.36. The molecule has 8 nitrogen and oxygen atoms in total. The number of anilines is 1. The summed E-state index contributed by atoms with van der Waals surface area (Å²) in [5.41, 5.74) is 1.45. The summed E-state index contributed by atoms with van der Waals surface area (Å²) in [6, 6.07) is 6.92. The number of sulfonamides is 1. The van der Waals surface area contributed by atoms with E-state index >= 15 is 0 Å². The minimum Gasteiger partial charge on any atom is -0.344 e. The third-order valence-electron chi connectivity index (χ3n) is 5.20. The lowest BCUT2D eigenvalue weighted by molar-refractivity contribution is 0.0930.